The van der Waals surface area contributed by atoms with E-state index in [1.807, 2.05) is 20.0 Å². The second-order valence-electron chi connectivity index (χ2n) is 6.50. The highest BCUT2D eigenvalue weighted by atomic mass is 32.2. The van der Waals surface area contributed by atoms with Crippen LogP contribution in [0.15, 0.2) is 23.1 Å². The summed E-state index contributed by atoms with van der Waals surface area (Å²) in [7, 11) is -0.285. The van der Waals surface area contributed by atoms with Crippen LogP contribution in [0.3, 0.4) is 0 Å². The minimum atomic E-state index is -3.52. The van der Waals surface area contributed by atoms with Crippen molar-refractivity contribution < 1.29 is 8.42 Å². The standard InChI is InChI=1S/C17H25N5O2S/c1-12-19-17(21-22(12)3)15-11-14(25(23,24)18-2)9-10-16(15)20-13-7-5-4-6-8-13/h9-11,13,18,20H,4-8H2,1-3H3. The molecule has 0 aliphatic heterocycles. The Labute approximate surface area is 148 Å². The molecule has 1 aliphatic carbocycles. The van der Waals surface area contributed by atoms with Crippen molar-refractivity contribution >= 4 is 15.7 Å². The molecule has 136 valence electrons. The van der Waals surface area contributed by atoms with Crippen LogP contribution in [-0.2, 0) is 17.1 Å². The van der Waals surface area contributed by atoms with Crippen molar-refractivity contribution in [3.05, 3.63) is 24.0 Å². The second kappa shape index (κ2) is 7.13. The van der Waals surface area contributed by atoms with Gasteiger partial charge in [-0.05, 0) is 45.0 Å². The molecular weight excluding hydrogens is 338 g/mol. The summed E-state index contributed by atoms with van der Waals surface area (Å²) in [5.74, 6) is 1.31. The van der Waals surface area contributed by atoms with Crippen molar-refractivity contribution in [2.24, 2.45) is 7.05 Å². The second-order valence-corrected chi connectivity index (χ2v) is 8.39. The van der Waals surface area contributed by atoms with Gasteiger partial charge >= 0.3 is 0 Å². The SMILES string of the molecule is CNS(=O)(=O)c1ccc(NC2CCCCC2)c(-c2nc(C)n(C)n2)c1. The highest BCUT2D eigenvalue weighted by molar-refractivity contribution is 7.89. The molecule has 8 heteroatoms. The summed E-state index contributed by atoms with van der Waals surface area (Å²) in [6, 6.07) is 5.49. The van der Waals surface area contributed by atoms with Gasteiger partial charge in [-0.3, -0.25) is 4.68 Å². The van der Waals surface area contributed by atoms with Crippen LogP contribution in [0, 0.1) is 6.92 Å². The van der Waals surface area contributed by atoms with E-state index in [2.05, 4.69) is 20.1 Å². The molecule has 0 saturated heterocycles. The zero-order valence-corrected chi connectivity index (χ0v) is 15.7. The van der Waals surface area contributed by atoms with Gasteiger partial charge in [0, 0.05) is 24.3 Å². The molecule has 1 fully saturated rings. The first kappa shape index (κ1) is 17.9. The fraction of sp³-hybridized carbons (Fsp3) is 0.529. The molecule has 1 aromatic heterocycles. The quantitative estimate of drug-likeness (QED) is 0.852. The molecule has 0 spiro atoms. The maximum absolute atomic E-state index is 12.2. The van der Waals surface area contributed by atoms with E-state index >= 15 is 0 Å². The van der Waals surface area contributed by atoms with E-state index in [4.69, 9.17) is 0 Å². The normalized spacial score (nSPS) is 16.1. The maximum Gasteiger partial charge on any atom is 0.240 e. The highest BCUT2D eigenvalue weighted by Gasteiger charge is 2.20. The monoisotopic (exact) mass is 363 g/mol. The lowest BCUT2D eigenvalue weighted by atomic mass is 9.95. The molecule has 25 heavy (non-hydrogen) atoms. The topological polar surface area (TPSA) is 88.9 Å². The van der Waals surface area contributed by atoms with Crippen LogP contribution in [0.5, 0.6) is 0 Å². The van der Waals surface area contributed by atoms with Gasteiger partial charge in [0.25, 0.3) is 0 Å². The predicted molar refractivity (Wildman–Crippen MR) is 97.9 cm³/mol. The van der Waals surface area contributed by atoms with Gasteiger partial charge in [-0.2, -0.15) is 5.10 Å². The van der Waals surface area contributed by atoms with Crippen LogP contribution in [-0.4, -0.2) is 36.3 Å². The third-order valence-corrected chi connectivity index (χ3v) is 6.17. The zero-order chi connectivity index (χ0) is 18.0. The molecular formula is C17H25N5O2S. The van der Waals surface area contributed by atoms with Crippen LogP contribution < -0.4 is 10.0 Å². The summed E-state index contributed by atoms with van der Waals surface area (Å²) >= 11 is 0. The van der Waals surface area contributed by atoms with Gasteiger partial charge in [-0.1, -0.05) is 19.3 Å². The number of hydrogen-bond acceptors (Lipinski definition) is 5. The number of nitrogens with one attached hydrogen (secondary N) is 2. The first-order valence-corrected chi connectivity index (χ1v) is 10.1. The molecule has 1 aromatic carbocycles. The molecule has 0 bridgehead atoms. The number of rotatable bonds is 5. The van der Waals surface area contributed by atoms with Crippen LogP contribution in [0.25, 0.3) is 11.4 Å². The van der Waals surface area contributed by atoms with Crippen molar-refractivity contribution in [1.82, 2.24) is 19.5 Å². The zero-order valence-electron chi connectivity index (χ0n) is 14.9. The Morgan fingerprint density at radius 1 is 1.20 bits per heavy atom. The highest BCUT2D eigenvalue weighted by Crippen LogP contribution is 2.31. The van der Waals surface area contributed by atoms with Crippen LogP contribution >= 0.6 is 0 Å². The summed E-state index contributed by atoms with van der Waals surface area (Å²) in [4.78, 5) is 4.69. The van der Waals surface area contributed by atoms with Gasteiger partial charge in [0.2, 0.25) is 10.0 Å². The van der Waals surface area contributed by atoms with E-state index in [0.717, 1.165) is 24.4 Å². The maximum atomic E-state index is 12.2. The summed E-state index contributed by atoms with van der Waals surface area (Å²) in [5.41, 5.74) is 1.60. The van der Waals surface area contributed by atoms with Crippen molar-refractivity contribution in [2.75, 3.05) is 12.4 Å². The molecule has 7 nitrogen and oxygen atoms in total. The number of hydrogen-bond donors (Lipinski definition) is 2. The summed E-state index contributed by atoms with van der Waals surface area (Å²) < 4.78 is 28.4. The van der Waals surface area contributed by atoms with Crippen molar-refractivity contribution in [3.63, 3.8) is 0 Å². The number of anilines is 1. The van der Waals surface area contributed by atoms with Crippen molar-refractivity contribution in [3.8, 4) is 11.4 Å². The van der Waals surface area contributed by atoms with Gasteiger partial charge in [0.05, 0.1) is 4.90 Å². The van der Waals surface area contributed by atoms with E-state index in [-0.39, 0.29) is 4.90 Å². The van der Waals surface area contributed by atoms with E-state index in [0.29, 0.717) is 17.4 Å². The largest absolute Gasteiger partial charge is 0.382 e. The van der Waals surface area contributed by atoms with Crippen LogP contribution in [0.2, 0.25) is 0 Å². The van der Waals surface area contributed by atoms with Gasteiger partial charge in [0.1, 0.15) is 5.82 Å². The molecule has 1 saturated carbocycles. The third-order valence-electron chi connectivity index (χ3n) is 4.76. The number of nitrogens with zero attached hydrogens (tertiary/aromatic N) is 3. The summed E-state index contributed by atoms with van der Waals surface area (Å²) in [5, 5.41) is 8.00. The predicted octanol–water partition coefficient (Wildman–Crippen LogP) is 2.44. The molecule has 1 aliphatic rings. The smallest absolute Gasteiger partial charge is 0.240 e. The lowest BCUT2D eigenvalue weighted by Crippen LogP contribution is -2.23. The number of aryl methyl sites for hydroxylation is 2. The molecule has 0 amide bonds. The summed E-state index contributed by atoms with van der Waals surface area (Å²) in [6.07, 6.45) is 5.99. The average Bonchev–Trinajstić information content (AvgIpc) is 2.95. The molecule has 0 radical (unpaired) electrons. The molecule has 1 heterocycles. The molecule has 0 atom stereocenters. The van der Waals surface area contributed by atoms with Crippen molar-refractivity contribution in [1.29, 1.82) is 0 Å². The van der Waals surface area contributed by atoms with Gasteiger partial charge in [-0.25, -0.2) is 18.1 Å². The first-order chi connectivity index (χ1) is 11.9. The molecule has 3 rings (SSSR count). The molecule has 0 unspecified atom stereocenters. The molecule has 2 aromatic rings. The fourth-order valence-corrected chi connectivity index (χ4v) is 3.92. The fourth-order valence-electron chi connectivity index (χ4n) is 3.16. The van der Waals surface area contributed by atoms with Crippen LogP contribution in [0.4, 0.5) is 5.69 Å². The molecule has 2 N–H and O–H groups in total. The lowest BCUT2D eigenvalue weighted by molar-refractivity contribution is 0.463. The number of sulfonamides is 1. The third kappa shape index (κ3) is 3.85. The number of benzene rings is 1. The van der Waals surface area contributed by atoms with E-state index in [9.17, 15) is 8.42 Å². The minimum absolute atomic E-state index is 0.212. The first-order valence-electron chi connectivity index (χ1n) is 8.63. The van der Waals surface area contributed by atoms with Crippen molar-refractivity contribution in [2.45, 2.75) is 50.0 Å². The van der Waals surface area contributed by atoms with Gasteiger partial charge in [-0.15, -0.1) is 0 Å². The Morgan fingerprint density at radius 2 is 1.92 bits per heavy atom. The Bertz CT molecular complexity index is 834. The summed E-state index contributed by atoms with van der Waals surface area (Å²) in [6.45, 7) is 1.87. The Hall–Kier alpha value is -1.93. The average molecular weight is 363 g/mol. The number of aromatic nitrogens is 3. The Morgan fingerprint density at radius 3 is 2.52 bits per heavy atom. The van der Waals surface area contributed by atoms with Gasteiger partial charge < -0.3 is 5.32 Å². The van der Waals surface area contributed by atoms with E-state index < -0.39 is 10.0 Å². The van der Waals surface area contributed by atoms with Crippen LogP contribution in [0.1, 0.15) is 37.9 Å². The minimum Gasteiger partial charge on any atom is -0.382 e. The van der Waals surface area contributed by atoms with Gasteiger partial charge in [0.15, 0.2) is 5.82 Å². The Balaban J connectivity index is 2.04. The Kier molecular flexibility index (Phi) is 5.10. The van der Waals surface area contributed by atoms with E-state index in [1.54, 1.807) is 16.8 Å². The lowest BCUT2D eigenvalue weighted by Gasteiger charge is -2.25. The van der Waals surface area contributed by atoms with E-state index in [1.165, 1.54) is 26.3 Å².